The van der Waals surface area contributed by atoms with Gasteiger partial charge in [-0.3, -0.25) is 4.90 Å². The van der Waals surface area contributed by atoms with Crippen LogP contribution in [0.25, 0.3) is 0 Å². The van der Waals surface area contributed by atoms with E-state index in [1.807, 2.05) is 32.9 Å². The predicted molar refractivity (Wildman–Crippen MR) is 109 cm³/mol. The molecular weight excluding hydrogens is 358 g/mol. The minimum Gasteiger partial charge on any atom is -0.497 e. The monoisotopic (exact) mass is 391 g/mol. The van der Waals surface area contributed by atoms with E-state index in [1.165, 1.54) is 0 Å². The summed E-state index contributed by atoms with van der Waals surface area (Å²) in [5.41, 5.74) is 0.132. The van der Waals surface area contributed by atoms with Crippen molar-refractivity contribution in [1.29, 1.82) is 0 Å². The van der Waals surface area contributed by atoms with Crippen LogP contribution in [0.15, 0.2) is 30.9 Å². The third kappa shape index (κ3) is 4.98. The Morgan fingerprint density at radius 3 is 2.46 bits per heavy atom. The molecule has 3 atom stereocenters. The number of hydrogen-bond donors (Lipinski definition) is 0. The molecule has 1 fully saturated rings. The molecule has 2 unspecified atom stereocenters. The van der Waals surface area contributed by atoms with Gasteiger partial charge in [0.1, 0.15) is 17.1 Å². The van der Waals surface area contributed by atoms with E-state index in [2.05, 4.69) is 20.4 Å². The highest BCUT2D eigenvalue weighted by atomic mass is 16.6. The fraction of sp³-hybridized carbons (Fsp3) is 0.591. The Labute approximate surface area is 168 Å². The molecule has 6 heteroatoms. The Morgan fingerprint density at radius 1 is 1.29 bits per heavy atom. The first-order valence-electron chi connectivity index (χ1n) is 9.62. The van der Waals surface area contributed by atoms with Gasteiger partial charge in [0.05, 0.1) is 26.4 Å². The zero-order valence-electron chi connectivity index (χ0n) is 18.0. The summed E-state index contributed by atoms with van der Waals surface area (Å²) in [7, 11) is 3.18. The average Bonchev–Trinajstić information content (AvgIpc) is 2.97. The first-order valence-corrected chi connectivity index (χ1v) is 9.62. The van der Waals surface area contributed by atoms with E-state index < -0.39 is 17.9 Å². The van der Waals surface area contributed by atoms with Crippen molar-refractivity contribution in [3.63, 3.8) is 0 Å². The van der Waals surface area contributed by atoms with E-state index in [0.717, 1.165) is 12.0 Å². The molecular formula is C22H33NO5. The van der Waals surface area contributed by atoms with Crippen LogP contribution in [0.4, 0.5) is 4.79 Å². The third-order valence-electron chi connectivity index (χ3n) is 4.53. The number of rotatable bonds is 6. The first kappa shape index (κ1) is 22.1. The normalized spacial score (nSPS) is 22.3. The van der Waals surface area contributed by atoms with Gasteiger partial charge in [-0.25, -0.2) is 4.79 Å². The molecule has 0 spiro atoms. The molecule has 1 aliphatic heterocycles. The quantitative estimate of drug-likeness (QED) is 0.643. The number of hydrogen-bond acceptors (Lipinski definition) is 5. The Bertz CT molecular complexity index is 695. The van der Waals surface area contributed by atoms with Gasteiger partial charge in [-0.1, -0.05) is 19.9 Å². The van der Waals surface area contributed by atoms with Crippen LogP contribution in [0, 0.1) is 5.92 Å². The van der Waals surface area contributed by atoms with Gasteiger partial charge in [0, 0.05) is 11.6 Å². The molecule has 0 N–H and O–H groups in total. The fourth-order valence-electron chi connectivity index (χ4n) is 3.37. The summed E-state index contributed by atoms with van der Waals surface area (Å²) in [4.78, 5) is 14.8. The number of amides is 1. The van der Waals surface area contributed by atoms with Crippen LogP contribution in [0.3, 0.4) is 0 Å². The van der Waals surface area contributed by atoms with Gasteiger partial charge in [0.15, 0.2) is 6.23 Å². The van der Waals surface area contributed by atoms with Crippen LogP contribution in [0.1, 0.15) is 52.8 Å². The van der Waals surface area contributed by atoms with Gasteiger partial charge >= 0.3 is 6.09 Å². The minimum absolute atomic E-state index is 0.177. The van der Waals surface area contributed by atoms with Crippen molar-refractivity contribution in [2.45, 2.75) is 65.0 Å². The molecule has 2 rings (SSSR count). The molecule has 1 amide bonds. The summed E-state index contributed by atoms with van der Waals surface area (Å²) >= 11 is 0. The second-order valence-electron chi connectivity index (χ2n) is 8.38. The summed E-state index contributed by atoms with van der Waals surface area (Å²) in [6.45, 7) is 13.7. The van der Waals surface area contributed by atoms with Crippen molar-refractivity contribution in [1.82, 2.24) is 4.90 Å². The number of nitrogens with zero attached hydrogens (tertiary/aromatic N) is 1. The van der Waals surface area contributed by atoms with E-state index in [-0.39, 0.29) is 12.1 Å². The van der Waals surface area contributed by atoms with Gasteiger partial charge in [-0.05, 0) is 45.2 Å². The first-order chi connectivity index (χ1) is 13.1. The largest absolute Gasteiger partial charge is 0.497 e. The highest BCUT2D eigenvalue weighted by Gasteiger charge is 2.47. The zero-order chi connectivity index (χ0) is 21.1. The second kappa shape index (κ2) is 8.86. The Kier molecular flexibility index (Phi) is 6.99. The van der Waals surface area contributed by atoms with Crippen molar-refractivity contribution in [2.24, 2.45) is 5.92 Å². The van der Waals surface area contributed by atoms with E-state index in [1.54, 1.807) is 31.3 Å². The minimum atomic E-state index is -0.637. The number of methoxy groups -OCH3 is 2. The molecule has 0 aromatic heterocycles. The van der Waals surface area contributed by atoms with E-state index >= 15 is 0 Å². The van der Waals surface area contributed by atoms with Crippen LogP contribution < -0.4 is 9.47 Å². The lowest BCUT2D eigenvalue weighted by Gasteiger charge is -2.32. The van der Waals surface area contributed by atoms with Gasteiger partial charge in [-0.2, -0.15) is 0 Å². The lowest BCUT2D eigenvalue weighted by atomic mass is 9.98. The highest BCUT2D eigenvalue weighted by Crippen LogP contribution is 2.42. The van der Waals surface area contributed by atoms with Crippen molar-refractivity contribution in [2.75, 3.05) is 14.2 Å². The molecule has 0 aliphatic carbocycles. The Balaban J connectivity index is 2.50. The van der Waals surface area contributed by atoms with Crippen LogP contribution in [-0.4, -0.2) is 43.0 Å². The Morgan fingerprint density at radius 2 is 1.96 bits per heavy atom. The van der Waals surface area contributed by atoms with Crippen LogP contribution >= 0.6 is 0 Å². The van der Waals surface area contributed by atoms with Gasteiger partial charge in [0.25, 0.3) is 0 Å². The molecule has 28 heavy (non-hydrogen) atoms. The number of benzene rings is 1. The summed E-state index contributed by atoms with van der Waals surface area (Å²) < 4.78 is 22.8. The molecule has 0 saturated carbocycles. The number of ether oxygens (including phenoxy) is 4. The maximum Gasteiger partial charge on any atom is 0.412 e. The van der Waals surface area contributed by atoms with E-state index in [4.69, 9.17) is 18.9 Å². The fourth-order valence-corrected chi connectivity index (χ4v) is 3.37. The molecule has 1 aromatic rings. The zero-order valence-corrected chi connectivity index (χ0v) is 18.0. The SMILES string of the molecule is C=C[C@@H]1OC(c2ccc(OC)cc2OC)N(C(=O)OC(C)(C)C)C1CC(C)C. The van der Waals surface area contributed by atoms with Crippen LogP contribution in [-0.2, 0) is 9.47 Å². The Hall–Kier alpha value is -2.21. The van der Waals surface area contributed by atoms with Gasteiger partial charge in [0.2, 0.25) is 0 Å². The average molecular weight is 392 g/mol. The third-order valence-corrected chi connectivity index (χ3v) is 4.53. The topological polar surface area (TPSA) is 57.2 Å². The molecule has 0 radical (unpaired) electrons. The summed E-state index contributed by atoms with van der Waals surface area (Å²) in [5.74, 6) is 1.63. The molecule has 156 valence electrons. The van der Waals surface area contributed by atoms with Crippen LogP contribution in [0.5, 0.6) is 11.5 Å². The van der Waals surface area contributed by atoms with Crippen molar-refractivity contribution < 1.29 is 23.7 Å². The van der Waals surface area contributed by atoms with E-state index in [9.17, 15) is 4.79 Å². The van der Waals surface area contributed by atoms with Gasteiger partial charge in [-0.15, -0.1) is 6.58 Å². The maximum absolute atomic E-state index is 13.1. The molecule has 1 saturated heterocycles. The summed E-state index contributed by atoms with van der Waals surface area (Å²) in [6.07, 6.45) is 1.17. The summed E-state index contributed by atoms with van der Waals surface area (Å²) in [6, 6.07) is 5.29. The second-order valence-corrected chi connectivity index (χ2v) is 8.38. The smallest absolute Gasteiger partial charge is 0.412 e. The van der Waals surface area contributed by atoms with Gasteiger partial charge < -0.3 is 18.9 Å². The highest BCUT2D eigenvalue weighted by molar-refractivity contribution is 5.70. The molecule has 0 bridgehead atoms. The molecule has 6 nitrogen and oxygen atoms in total. The lowest BCUT2D eigenvalue weighted by molar-refractivity contribution is -0.0199. The number of carbonyl (C=O) groups excluding carboxylic acids is 1. The van der Waals surface area contributed by atoms with Crippen molar-refractivity contribution in [3.8, 4) is 11.5 Å². The lowest BCUT2D eigenvalue weighted by Crippen LogP contribution is -2.43. The van der Waals surface area contributed by atoms with Crippen molar-refractivity contribution >= 4 is 6.09 Å². The van der Waals surface area contributed by atoms with E-state index in [0.29, 0.717) is 17.4 Å². The summed E-state index contributed by atoms with van der Waals surface area (Å²) in [5, 5.41) is 0. The van der Waals surface area contributed by atoms with Crippen molar-refractivity contribution in [3.05, 3.63) is 36.4 Å². The molecule has 1 heterocycles. The molecule has 1 aromatic carbocycles. The standard InChI is InChI=1S/C22H33NO5/c1-9-18-17(12-14(2)3)23(21(24)28-22(4,5)6)20(27-18)16-11-10-15(25-7)13-19(16)26-8/h9-11,13-14,17-18,20H,1,12H2,2-8H3/t17?,18-,20?/m0/s1. The predicted octanol–water partition coefficient (Wildman–Crippen LogP) is 4.94. The number of carbonyl (C=O) groups is 1. The maximum atomic E-state index is 13.1. The van der Waals surface area contributed by atoms with Crippen LogP contribution in [0.2, 0.25) is 0 Å². The molecule has 1 aliphatic rings.